The quantitative estimate of drug-likeness (QED) is 0.529. The molecule has 2 heterocycles. The number of aryl methyl sites for hydroxylation is 1. The van der Waals surface area contributed by atoms with Crippen LogP contribution in [0.4, 0.5) is 10.1 Å². The van der Waals surface area contributed by atoms with Crippen LogP contribution >= 0.6 is 11.6 Å². The van der Waals surface area contributed by atoms with Crippen LogP contribution in [0.25, 0.3) is 5.82 Å². The normalized spacial score (nSPS) is 10.9. The lowest BCUT2D eigenvalue weighted by Crippen LogP contribution is -2.17. The minimum atomic E-state index is -0.436. The van der Waals surface area contributed by atoms with E-state index in [0.717, 1.165) is 5.56 Å². The molecular weight excluding hydrogens is 393 g/mol. The van der Waals surface area contributed by atoms with E-state index < -0.39 is 5.91 Å². The second-order valence-electron chi connectivity index (χ2n) is 6.51. The predicted octanol–water partition coefficient (Wildman–Crippen LogP) is 4.47. The Balaban J connectivity index is 1.71. The van der Waals surface area contributed by atoms with Crippen LogP contribution < -0.4 is 5.32 Å². The van der Waals surface area contributed by atoms with Crippen molar-refractivity contribution < 1.29 is 9.18 Å². The summed E-state index contributed by atoms with van der Waals surface area (Å²) < 4.78 is 16.7. The van der Waals surface area contributed by atoms with Gasteiger partial charge in [-0.05, 0) is 54.4 Å². The van der Waals surface area contributed by atoms with E-state index in [1.165, 1.54) is 18.2 Å². The molecule has 146 valence electrons. The topological polar surface area (TPSA) is 64.7 Å². The van der Waals surface area contributed by atoms with Gasteiger partial charge in [0, 0.05) is 23.1 Å². The van der Waals surface area contributed by atoms with Crippen LogP contribution in [-0.4, -0.2) is 25.5 Å². The molecule has 2 aromatic carbocycles. The minimum absolute atomic E-state index is 0.150. The second-order valence-corrected chi connectivity index (χ2v) is 6.92. The number of nitrogens with one attached hydrogen (secondary N) is 1. The maximum Gasteiger partial charge on any atom is 0.280 e. The molecule has 0 radical (unpaired) electrons. The molecular formula is C21H17ClFN5O. The molecule has 1 N–H and O–H groups in total. The summed E-state index contributed by atoms with van der Waals surface area (Å²) >= 11 is 6.28. The molecule has 0 atom stereocenters. The van der Waals surface area contributed by atoms with Crippen LogP contribution in [0.2, 0.25) is 5.02 Å². The molecule has 0 saturated heterocycles. The first-order valence-corrected chi connectivity index (χ1v) is 9.28. The van der Waals surface area contributed by atoms with E-state index >= 15 is 0 Å². The Bertz CT molecular complexity index is 1170. The van der Waals surface area contributed by atoms with Crippen LogP contribution in [0.15, 0.2) is 67.0 Å². The number of carbonyl (C=O) groups excluding carboxylic acids is 1. The van der Waals surface area contributed by atoms with Crippen molar-refractivity contribution in [2.75, 3.05) is 5.32 Å². The summed E-state index contributed by atoms with van der Waals surface area (Å²) in [6, 6.07) is 15.3. The first-order chi connectivity index (χ1) is 14.0. The second kappa shape index (κ2) is 7.89. The van der Waals surface area contributed by atoms with Gasteiger partial charge < -0.3 is 9.88 Å². The van der Waals surface area contributed by atoms with Gasteiger partial charge in [-0.2, -0.15) is 0 Å². The zero-order valence-corrected chi connectivity index (χ0v) is 16.3. The summed E-state index contributed by atoms with van der Waals surface area (Å²) in [6.07, 6.45) is 3.61. The van der Waals surface area contributed by atoms with Crippen LogP contribution in [0.3, 0.4) is 0 Å². The van der Waals surface area contributed by atoms with Crippen molar-refractivity contribution in [2.24, 2.45) is 0 Å². The zero-order valence-electron chi connectivity index (χ0n) is 15.5. The molecule has 1 amide bonds. The minimum Gasteiger partial charge on any atom is -0.320 e. The Morgan fingerprint density at radius 1 is 1.14 bits per heavy atom. The maximum atomic E-state index is 13.3. The SMILES string of the molecule is Cc1cc(F)ccc1NC(=O)c1nnn(Cc2ccccc2Cl)c1-n1cccc1. The van der Waals surface area contributed by atoms with Crippen LogP contribution in [-0.2, 0) is 6.54 Å². The molecule has 8 heteroatoms. The lowest BCUT2D eigenvalue weighted by molar-refractivity contribution is 0.102. The van der Waals surface area contributed by atoms with E-state index in [-0.39, 0.29) is 11.5 Å². The Labute approximate surface area is 171 Å². The van der Waals surface area contributed by atoms with Crippen LogP contribution in [0, 0.1) is 12.7 Å². The van der Waals surface area contributed by atoms with E-state index in [0.29, 0.717) is 28.6 Å². The number of nitrogens with zero attached hydrogens (tertiary/aromatic N) is 4. The Morgan fingerprint density at radius 3 is 2.62 bits per heavy atom. The third-order valence-corrected chi connectivity index (χ3v) is 4.86. The molecule has 0 bridgehead atoms. The van der Waals surface area contributed by atoms with Crippen molar-refractivity contribution in [2.45, 2.75) is 13.5 Å². The lowest BCUT2D eigenvalue weighted by Gasteiger charge is -2.11. The third-order valence-electron chi connectivity index (χ3n) is 4.49. The van der Waals surface area contributed by atoms with Crippen molar-refractivity contribution in [1.82, 2.24) is 19.6 Å². The van der Waals surface area contributed by atoms with Gasteiger partial charge in [0.15, 0.2) is 11.5 Å². The number of rotatable bonds is 5. The van der Waals surface area contributed by atoms with E-state index in [4.69, 9.17) is 11.6 Å². The van der Waals surface area contributed by atoms with Gasteiger partial charge in [-0.25, -0.2) is 9.07 Å². The smallest absolute Gasteiger partial charge is 0.280 e. The Hall–Kier alpha value is -3.45. The fraction of sp³-hybridized carbons (Fsp3) is 0.0952. The molecule has 0 fully saturated rings. The van der Waals surface area contributed by atoms with E-state index in [2.05, 4.69) is 15.6 Å². The van der Waals surface area contributed by atoms with Gasteiger partial charge in [0.05, 0.1) is 6.54 Å². The Kier molecular flexibility index (Phi) is 5.14. The highest BCUT2D eigenvalue weighted by atomic mass is 35.5. The summed E-state index contributed by atoms with van der Waals surface area (Å²) in [5.41, 5.74) is 2.13. The summed E-state index contributed by atoms with van der Waals surface area (Å²) in [5.74, 6) is -0.291. The summed E-state index contributed by atoms with van der Waals surface area (Å²) in [7, 11) is 0. The first kappa shape index (κ1) is 18.9. The highest BCUT2D eigenvalue weighted by Crippen LogP contribution is 2.21. The first-order valence-electron chi connectivity index (χ1n) is 8.90. The van der Waals surface area contributed by atoms with Crippen molar-refractivity contribution in [1.29, 1.82) is 0 Å². The van der Waals surface area contributed by atoms with Crippen molar-refractivity contribution in [3.63, 3.8) is 0 Å². The zero-order chi connectivity index (χ0) is 20.4. The number of hydrogen-bond acceptors (Lipinski definition) is 3. The van der Waals surface area contributed by atoms with E-state index in [1.807, 2.05) is 42.7 Å². The van der Waals surface area contributed by atoms with Crippen molar-refractivity contribution in [3.8, 4) is 5.82 Å². The average molecular weight is 410 g/mol. The van der Waals surface area contributed by atoms with Gasteiger partial charge in [-0.1, -0.05) is 35.0 Å². The summed E-state index contributed by atoms with van der Waals surface area (Å²) in [5, 5.41) is 11.7. The monoisotopic (exact) mass is 409 g/mol. The molecule has 4 rings (SSSR count). The highest BCUT2D eigenvalue weighted by Gasteiger charge is 2.22. The fourth-order valence-electron chi connectivity index (χ4n) is 3.03. The number of amides is 1. The molecule has 0 spiro atoms. The molecule has 0 aliphatic heterocycles. The molecule has 0 unspecified atom stereocenters. The van der Waals surface area contributed by atoms with Crippen molar-refractivity contribution in [3.05, 3.63) is 94.7 Å². The molecule has 0 aliphatic carbocycles. The van der Waals surface area contributed by atoms with Gasteiger partial charge in [0.2, 0.25) is 0 Å². The maximum absolute atomic E-state index is 13.3. The standard InChI is InChI=1S/C21H17ClFN5O/c1-14-12-16(23)8-9-18(14)24-20(29)19-21(27-10-4-5-11-27)28(26-25-19)13-15-6-2-3-7-17(15)22/h2-12H,13H2,1H3,(H,24,29). The van der Waals surface area contributed by atoms with Gasteiger partial charge in [0.1, 0.15) is 5.82 Å². The Morgan fingerprint density at radius 2 is 1.90 bits per heavy atom. The third kappa shape index (κ3) is 3.90. The van der Waals surface area contributed by atoms with Crippen LogP contribution in [0.1, 0.15) is 21.6 Å². The summed E-state index contributed by atoms with van der Waals surface area (Å²) in [4.78, 5) is 12.9. The van der Waals surface area contributed by atoms with Crippen molar-refractivity contribution >= 4 is 23.2 Å². The number of carbonyl (C=O) groups is 1. The fourth-order valence-corrected chi connectivity index (χ4v) is 3.23. The molecule has 2 aromatic heterocycles. The molecule has 0 aliphatic rings. The molecule has 0 saturated carbocycles. The number of anilines is 1. The van der Waals surface area contributed by atoms with Gasteiger partial charge in [-0.15, -0.1) is 5.10 Å². The van der Waals surface area contributed by atoms with Gasteiger partial charge in [0.25, 0.3) is 5.91 Å². The average Bonchev–Trinajstić information content (AvgIpc) is 3.35. The van der Waals surface area contributed by atoms with Gasteiger partial charge >= 0.3 is 0 Å². The lowest BCUT2D eigenvalue weighted by atomic mass is 10.2. The number of hydrogen-bond donors (Lipinski definition) is 1. The number of halogens is 2. The largest absolute Gasteiger partial charge is 0.320 e. The highest BCUT2D eigenvalue weighted by molar-refractivity contribution is 6.31. The summed E-state index contributed by atoms with van der Waals surface area (Å²) in [6.45, 7) is 2.07. The van der Waals surface area contributed by atoms with E-state index in [1.54, 1.807) is 22.2 Å². The number of aromatic nitrogens is 4. The number of benzene rings is 2. The van der Waals surface area contributed by atoms with Gasteiger partial charge in [-0.3, -0.25) is 4.79 Å². The predicted molar refractivity (Wildman–Crippen MR) is 109 cm³/mol. The van der Waals surface area contributed by atoms with E-state index in [9.17, 15) is 9.18 Å². The molecule has 4 aromatic rings. The molecule has 6 nitrogen and oxygen atoms in total. The molecule has 29 heavy (non-hydrogen) atoms. The van der Waals surface area contributed by atoms with Crippen LogP contribution in [0.5, 0.6) is 0 Å².